The molecule has 0 unspecified atom stereocenters. The average Bonchev–Trinajstić information content (AvgIpc) is 3.06. The van der Waals surface area contributed by atoms with Crippen LogP contribution in [-0.2, 0) is 48.1 Å². The fourth-order valence-corrected chi connectivity index (χ4v) is 5.31. The maximum absolute atomic E-state index is 11.1. The van der Waals surface area contributed by atoms with E-state index in [4.69, 9.17) is 9.47 Å². The summed E-state index contributed by atoms with van der Waals surface area (Å²) < 4.78 is 9.77. The number of carbonyl (C=O) groups excluding carboxylic acids is 4. The summed E-state index contributed by atoms with van der Waals surface area (Å²) in [4.78, 5) is 42.4. The topological polar surface area (TPSA) is 133 Å². The number of carbonyl (C=O) groups is 4. The van der Waals surface area contributed by atoms with E-state index in [1.807, 2.05) is 0 Å². The fraction of sp³-hybridized carbons (Fsp3) is 0.800. The summed E-state index contributed by atoms with van der Waals surface area (Å²) in [5.41, 5.74) is 0. The molecule has 0 saturated carbocycles. The second-order valence-corrected chi connectivity index (χ2v) is 12.8. The third-order valence-corrected chi connectivity index (χ3v) is 8.20. The van der Waals surface area contributed by atoms with Crippen LogP contribution in [0.25, 0.3) is 0 Å². The number of carboxylic acid groups (broad SMARTS) is 2. The van der Waals surface area contributed by atoms with Gasteiger partial charge < -0.3 is 29.3 Å². The van der Waals surface area contributed by atoms with E-state index in [0.29, 0.717) is 25.4 Å². The van der Waals surface area contributed by atoms with Crippen molar-refractivity contribution >= 4 is 23.9 Å². The molecule has 9 heteroatoms. The Hall–Kier alpha value is -2.02. The zero-order chi connectivity index (χ0) is 35.8. The predicted octanol–water partition coefficient (Wildman–Crippen LogP) is 8.63. The first-order chi connectivity index (χ1) is 23.3. The molecule has 0 aliphatic rings. The van der Waals surface area contributed by atoms with Crippen LogP contribution in [0.1, 0.15) is 194 Å². The molecule has 0 aliphatic heterocycles. The van der Waals surface area contributed by atoms with Gasteiger partial charge in [0.1, 0.15) is 0 Å². The Kier molecular flexibility index (Phi) is 46.1. The molecule has 0 N–H and O–H groups in total. The van der Waals surface area contributed by atoms with Gasteiger partial charge >= 0.3 is 31.4 Å². The summed E-state index contributed by atoms with van der Waals surface area (Å²) in [6, 6.07) is 0. The molecular weight excluding hydrogens is 674 g/mol. The van der Waals surface area contributed by atoms with E-state index < -0.39 is 23.9 Å². The van der Waals surface area contributed by atoms with Gasteiger partial charge in [-0.25, -0.2) is 9.59 Å². The number of ether oxygens (including phenoxy) is 2. The van der Waals surface area contributed by atoms with Gasteiger partial charge in [-0.05, 0) is 25.0 Å². The molecule has 0 aromatic carbocycles. The summed E-state index contributed by atoms with van der Waals surface area (Å²) >= 11 is 0. The molecule has 0 fully saturated rings. The SMILES string of the molecule is CCCCCCCCCCCCCCCCOC(=O)/C=C\C(=O)[O-].CCCCCCCCCCCCCCCCOC(=O)/C=C\C(=O)[O-].[Zn+2]. The van der Waals surface area contributed by atoms with Crippen molar-refractivity contribution in [2.45, 2.75) is 194 Å². The van der Waals surface area contributed by atoms with Gasteiger partial charge in [0.25, 0.3) is 0 Å². The second-order valence-electron chi connectivity index (χ2n) is 12.8. The zero-order valence-corrected chi connectivity index (χ0v) is 34.5. The van der Waals surface area contributed by atoms with Gasteiger partial charge in [-0.3, -0.25) is 0 Å². The van der Waals surface area contributed by atoms with Crippen LogP contribution in [0, 0.1) is 0 Å². The molecule has 0 bridgehead atoms. The number of carboxylic acids is 2. The molecule has 0 amide bonds. The van der Waals surface area contributed by atoms with Crippen LogP contribution in [-0.4, -0.2) is 37.1 Å². The summed E-state index contributed by atoms with van der Waals surface area (Å²) in [6.45, 7) is 5.22. The summed E-state index contributed by atoms with van der Waals surface area (Å²) in [6.07, 6.45) is 39.1. The maximum Gasteiger partial charge on any atom is 2.00 e. The molecule has 0 rings (SSSR count). The summed E-state index contributed by atoms with van der Waals surface area (Å²) in [5, 5.41) is 20.2. The van der Waals surface area contributed by atoms with Crippen LogP contribution in [0.15, 0.2) is 24.3 Å². The molecule has 0 radical (unpaired) electrons. The number of aliphatic carboxylic acids is 2. The van der Waals surface area contributed by atoms with Gasteiger partial charge in [0, 0.05) is 12.2 Å². The monoisotopic (exact) mass is 742 g/mol. The second kappa shape index (κ2) is 44.0. The first-order valence-electron chi connectivity index (χ1n) is 19.4. The fourth-order valence-electron chi connectivity index (χ4n) is 5.31. The summed E-state index contributed by atoms with van der Waals surface area (Å²) in [5.74, 6) is -4.00. The third-order valence-electron chi connectivity index (χ3n) is 8.20. The zero-order valence-electron chi connectivity index (χ0n) is 31.5. The van der Waals surface area contributed by atoms with Gasteiger partial charge in [-0.1, -0.05) is 181 Å². The molecule has 0 aromatic rings. The average molecular weight is 744 g/mol. The van der Waals surface area contributed by atoms with Crippen molar-refractivity contribution < 1.29 is 58.3 Å². The molecule has 0 heterocycles. The first-order valence-corrected chi connectivity index (χ1v) is 19.4. The van der Waals surface area contributed by atoms with Crippen LogP contribution < -0.4 is 10.2 Å². The van der Waals surface area contributed by atoms with E-state index in [-0.39, 0.29) is 19.5 Å². The molecule has 280 valence electrons. The van der Waals surface area contributed by atoms with Gasteiger partial charge in [0.2, 0.25) is 0 Å². The van der Waals surface area contributed by atoms with E-state index in [2.05, 4.69) is 13.8 Å². The van der Waals surface area contributed by atoms with Gasteiger partial charge in [0.15, 0.2) is 0 Å². The van der Waals surface area contributed by atoms with Crippen LogP contribution in [0.5, 0.6) is 0 Å². The number of esters is 2. The minimum Gasteiger partial charge on any atom is -0.545 e. The third kappa shape index (κ3) is 50.5. The van der Waals surface area contributed by atoms with E-state index in [0.717, 1.165) is 37.8 Å². The van der Waals surface area contributed by atoms with Gasteiger partial charge in [-0.15, -0.1) is 0 Å². The van der Waals surface area contributed by atoms with Gasteiger partial charge in [-0.2, -0.15) is 0 Å². The Morgan fingerprint density at radius 1 is 0.367 bits per heavy atom. The number of hydrogen-bond acceptors (Lipinski definition) is 8. The molecule has 0 atom stereocenters. The predicted molar refractivity (Wildman–Crippen MR) is 191 cm³/mol. The largest absolute Gasteiger partial charge is 2.00 e. The van der Waals surface area contributed by atoms with Crippen LogP contribution in [0.3, 0.4) is 0 Å². The minimum atomic E-state index is -1.39. The molecule has 0 saturated heterocycles. The molecule has 0 aliphatic carbocycles. The van der Waals surface area contributed by atoms with Crippen molar-refractivity contribution in [3.05, 3.63) is 24.3 Å². The standard InChI is InChI=1S/2C20H36O4.Zn/c2*1-2-3-4-5-6-7-8-9-10-11-12-13-14-15-18-24-20(23)17-16-19(21)22;/h2*16-17H,2-15,18H2,1H3,(H,21,22);/q;;+2/p-2/b2*17-16-;. The van der Waals surface area contributed by atoms with Crippen molar-refractivity contribution in [1.82, 2.24) is 0 Å². The first kappa shape index (κ1) is 51.4. The van der Waals surface area contributed by atoms with Crippen LogP contribution in [0.4, 0.5) is 0 Å². The Bertz CT molecular complexity index is 746. The molecule has 8 nitrogen and oxygen atoms in total. The minimum absolute atomic E-state index is 0. The van der Waals surface area contributed by atoms with E-state index in [9.17, 15) is 29.4 Å². The van der Waals surface area contributed by atoms with Crippen molar-refractivity contribution in [3.63, 3.8) is 0 Å². The van der Waals surface area contributed by atoms with Crippen molar-refractivity contribution in [1.29, 1.82) is 0 Å². The molecule has 0 spiro atoms. The maximum atomic E-state index is 11.1. The normalized spacial score (nSPS) is 10.8. The molecule has 0 aromatic heterocycles. The van der Waals surface area contributed by atoms with Crippen molar-refractivity contribution in [2.24, 2.45) is 0 Å². The molecule has 49 heavy (non-hydrogen) atoms. The van der Waals surface area contributed by atoms with Gasteiger partial charge in [0.05, 0.1) is 25.2 Å². The summed E-state index contributed by atoms with van der Waals surface area (Å²) in [7, 11) is 0. The smallest absolute Gasteiger partial charge is 0.545 e. The number of rotatable bonds is 34. The Balaban J connectivity index is -0.000000846. The Morgan fingerprint density at radius 3 is 0.776 bits per heavy atom. The van der Waals surface area contributed by atoms with E-state index >= 15 is 0 Å². The molecular formula is C40H70O8Zn. The van der Waals surface area contributed by atoms with Crippen molar-refractivity contribution in [3.8, 4) is 0 Å². The van der Waals surface area contributed by atoms with Crippen LogP contribution in [0.2, 0.25) is 0 Å². The Labute approximate surface area is 312 Å². The number of unbranched alkanes of at least 4 members (excludes halogenated alkanes) is 26. The van der Waals surface area contributed by atoms with Crippen LogP contribution >= 0.6 is 0 Å². The van der Waals surface area contributed by atoms with Crippen molar-refractivity contribution in [2.75, 3.05) is 13.2 Å². The quantitative estimate of drug-likeness (QED) is 0.0277. The van der Waals surface area contributed by atoms with E-state index in [1.54, 1.807) is 0 Å². The Morgan fingerprint density at radius 2 is 0.571 bits per heavy atom. The van der Waals surface area contributed by atoms with E-state index in [1.165, 1.54) is 154 Å². The number of hydrogen-bond donors (Lipinski definition) is 0.